The molecule has 3 heterocycles. The third-order valence-corrected chi connectivity index (χ3v) is 5.80. The molecule has 1 aliphatic heterocycles. The Labute approximate surface area is 151 Å². The molecule has 0 saturated carbocycles. The maximum atomic E-state index is 12.5. The van der Waals surface area contributed by atoms with Crippen LogP contribution >= 0.6 is 11.3 Å². The van der Waals surface area contributed by atoms with Crippen molar-refractivity contribution in [1.29, 1.82) is 0 Å². The van der Waals surface area contributed by atoms with Crippen LogP contribution in [0.5, 0.6) is 0 Å². The van der Waals surface area contributed by atoms with Crippen LogP contribution in [-0.2, 0) is 4.79 Å². The van der Waals surface area contributed by atoms with Crippen molar-refractivity contribution < 1.29 is 9.21 Å². The predicted molar refractivity (Wildman–Crippen MR) is 101 cm³/mol. The maximum Gasteiger partial charge on any atom is 0.234 e. The molecule has 4 rings (SSSR count). The summed E-state index contributed by atoms with van der Waals surface area (Å²) in [6, 6.07) is 14.4. The molecular formula is C20H22N2O2S. The first-order chi connectivity index (χ1) is 12.2. The zero-order valence-corrected chi connectivity index (χ0v) is 15.1. The van der Waals surface area contributed by atoms with Gasteiger partial charge in [-0.25, -0.2) is 0 Å². The van der Waals surface area contributed by atoms with Crippen LogP contribution < -0.4 is 5.32 Å². The Morgan fingerprint density at radius 1 is 1.36 bits per heavy atom. The first-order valence-electron chi connectivity index (χ1n) is 8.76. The Hall–Kier alpha value is -2.11. The lowest BCUT2D eigenvalue weighted by Gasteiger charge is -2.23. The maximum absolute atomic E-state index is 12.5. The number of fused-ring (bicyclic) bond motifs is 1. The van der Waals surface area contributed by atoms with Gasteiger partial charge in [0.2, 0.25) is 5.91 Å². The number of nitrogens with one attached hydrogen (secondary N) is 1. The summed E-state index contributed by atoms with van der Waals surface area (Å²) in [6.45, 7) is 3.39. The van der Waals surface area contributed by atoms with E-state index in [1.807, 2.05) is 37.3 Å². The van der Waals surface area contributed by atoms with Gasteiger partial charge in [-0.2, -0.15) is 0 Å². The monoisotopic (exact) mass is 354 g/mol. The number of amides is 1. The van der Waals surface area contributed by atoms with Crippen LogP contribution in [0.15, 0.2) is 52.3 Å². The summed E-state index contributed by atoms with van der Waals surface area (Å²) in [7, 11) is 0. The molecule has 5 heteroatoms. The van der Waals surface area contributed by atoms with Crippen LogP contribution in [0.2, 0.25) is 0 Å². The number of hydrogen-bond acceptors (Lipinski definition) is 4. The number of carbonyl (C=O) groups is 1. The highest BCUT2D eigenvalue weighted by molar-refractivity contribution is 7.10. The van der Waals surface area contributed by atoms with Crippen LogP contribution in [0.1, 0.15) is 42.5 Å². The standard InChI is InChI=1S/C20H22N2O2S/c1-14(18-12-15-6-2-3-8-17(15)24-18)21-20(23)13-22-10-4-7-16(22)19-9-5-11-25-19/h2-3,5-6,8-9,11-12,14,16H,4,7,10,13H2,1H3,(H,21,23). The average molecular weight is 354 g/mol. The summed E-state index contributed by atoms with van der Waals surface area (Å²) >= 11 is 1.78. The first kappa shape index (κ1) is 16.4. The summed E-state index contributed by atoms with van der Waals surface area (Å²) in [6.07, 6.45) is 2.28. The number of benzene rings is 1. The van der Waals surface area contributed by atoms with Crippen LogP contribution in [0.3, 0.4) is 0 Å². The second-order valence-corrected chi connectivity index (χ2v) is 7.60. The van der Waals surface area contributed by atoms with Crippen molar-refractivity contribution in [1.82, 2.24) is 10.2 Å². The number of para-hydroxylation sites is 1. The Bertz CT molecular complexity index is 823. The highest BCUT2D eigenvalue weighted by Crippen LogP contribution is 2.34. The molecular weight excluding hydrogens is 332 g/mol. The molecule has 1 N–H and O–H groups in total. The van der Waals surface area contributed by atoms with Gasteiger partial charge < -0.3 is 9.73 Å². The van der Waals surface area contributed by atoms with E-state index in [1.165, 1.54) is 4.88 Å². The largest absolute Gasteiger partial charge is 0.459 e. The lowest BCUT2D eigenvalue weighted by Crippen LogP contribution is -2.37. The van der Waals surface area contributed by atoms with Crippen molar-refractivity contribution in [3.05, 3.63) is 58.5 Å². The molecule has 1 aromatic carbocycles. The fourth-order valence-electron chi connectivity index (χ4n) is 3.58. The molecule has 0 spiro atoms. The summed E-state index contributed by atoms with van der Waals surface area (Å²) in [5, 5.41) is 6.25. The molecule has 1 amide bonds. The quantitative estimate of drug-likeness (QED) is 0.733. The van der Waals surface area contributed by atoms with Gasteiger partial charge in [-0.15, -0.1) is 11.3 Å². The van der Waals surface area contributed by atoms with Gasteiger partial charge in [-0.05, 0) is 49.9 Å². The number of nitrogens with zero attached hydrogens (tertiary/aromatic N) is 1. The highest BCUT2D eigenvalue weighted by atomic mass is 32.1. The summed E-state index contributed by atoms with van der Waals surface area (Å²) < 4.78 is 5.85. The second kappa shape index (κ2) is 7.02. The van der Waals surface area contributed by atoms with Crippen molar-refractivity contribution >= 4 is 28.2 Å². The third-order valence-electron chi connectivity index (χ3n) is 4.83. The lowest BCUT2D eigenvalue weighted by molar-refractivity contribution is -0.123. The minimum atomic E-state index is -0.136. The number of likely N-dealkylation sites (tertiary alicyclic amines) is 1. The Balaban J connectivity index is 1.39. The van der Waals surface area contributed by atoms with E-state index in [2.05, 4.69) is 27.7 Å². The van der Waals surface area contributed by atoms with Crippen LogP contribution in [0, 0.1) is 0 Å². The van der Waals surface area contributed by atoms with Crippen LogP contribution in [-0.4, -0.2) is 23.9 Å². The van der Waals surface area contributed by atoms with E-state index in [-0.39, 0.29) is 11.9 Å². The molecule has 1 fully saturated rings. The van der Waals surface area contributed by atoms with Gasteiger partial charge in [0, 0.05) is 16.3 Å². The second-order valence-electron chi connectivity index (χ2n) is 6.62. The number of thiophene rings is 1. The number of rotatable bonds is 5. The van der Waals surface area contributed by atoms with E-state index < -0.39 is 0 Å². The Morgan fingerprint density at radius 2 is 2.24 bits per heavy atom. The Morgan fingerprint density at radius 3 is 3.04 bits per heavy atom. The molecule has 1 saturated heterocycles. The average Bonchev–Trinajstić information content (AvgIpc) is 3.34. The molecule has 2 aromatic heterocycles. The van der Waals surface area contributed by atoms with Crippen molar-refractivity contribution in [2.75, 3.05) is 13.1 Å². The fourth-order valence-corrected chi connectivity index (χ4v) is 4.47. The van der Waals surface area contributed by atoms with Crippen molar-refractivity contribution in [3.8, 4) is 0 Å². The predicted octanol–water partition coefficient (Wildman–Crippen LogP) is 4.51. The van der Waals surface area contributed by atoms with Gasteiger partial charge in [-0.1, -0.05) is 24.3 Å². The number of furan rings is 1. The van der Waals surface area contributed by atoms with E-state index in [0.29, 0.717) is 12.6 Å². The molecule has 3 aromatic rings. The minimum Gasteiger partial charge on any atom is -0.459 e. The van der Waals surface area contributed by atoms with Crippen molar-refractivity contribution in [2.45, 2.75) is 31.8 Å². The molecule has 2 atom stereocenters. The molecule has 2 unspecified atom stereocenters. The molecule has 4 nitrogen and oxygen atoms in total. The summed E-state index contributed by atoms with van der Waals surface area (Å²) in [5.74, 6) is 0.849. The highest BCUT2D eigenvalue weighted by Gasteiger charge is 2.28. The molecule has 1 aliphatic rings. The van der Waals surface area contributed by atoms with Crippen molar-refractivity contribution in [2.24, 2.45) is 0 Å². The van der Waals surface area contributed by atoms with Gasteiger partial charge in [0.25, 0.3) is 0 Å². The van der Waals surface area contributed by atoms with Gasteiger partial charge in [-0.3, -0.25) is 9.69 Å². The van der Waals surface area contributed by atoms with E-state index in [9.17, 15) is 4.79 Å². The zero-order chi connectivity index (χ0) is 17.2. The summed E-state index contributed by atoms with van der Waals surface area (Å²) in [5.41, 5.74) is 0.857. The minimum absolute atomic E-state index is 0.0522. The van der Waals surface area contributed by atoms with Gasteiger partial charge in [0.15, 0.2) is 0 Å². The van der Waals surface area contributed by atoms with Crippen LogP contribution in [0.4, 0.5) is 0 Å². The fraction of sp³-hybridized carbons (Fsp3) is 0.350. The first-order valence-corrected chi connectivity index (χ1v) is 9.64. The van der Waals surface area contributed by atoms with E-state index in [4.69, 9.17) is 4.42 Å². The van der Waals surface area contributed by atoms with E-state index in [0.717, 1.165) is 36.1 Å². The molecule has 25 heavy (non-hydrogen) atoms. The zero-order valence-electron chi connectivity index (χ0n) is 14.3. The van der Waals surface area contributed by atoms with Gasteiger partial charge >= 0.3 is 0 Å². The smallest absolute Gasteiger partial charge is 0.234 e. The summed E-state index contributed by atoms with van der Waals surface area (Å²) in [4.78, 5) is 16.2. The SMILES string of the molecule is CC(NC(=O)CN1CCCC1c1cccs1)c1cc2ccccc2o1. The topological polar surface area (TPSA) is 45.5 Å². The molecule has 0 radical (unpaired) electrons. The molecule has 130 valence electrons. The third kappa shape index (κ3) is 3.48. The molecule has 0 bridgehead atoms. The molecule has 0 aliphatic carbocycles. The normalized spacial score (nSPS) is 19.3. The van der Waals surface area contributed by atoms with Crippen LogP contribution in [0.25, 0.3) is 11.0 Å². The van der Waals surface area contributed by atoms with Gasteiger partial charge in [0.1, 0.15) is 11.3 Å². The van der Waals surface area contributed by atoms with E-state index >= 15 is 0 Å². The Kier molecular flexibility index (Phi) is 4.59. The lowest BCUT2D eigenvalue weighted by atomic mass is 10.2. The van der Waals surface area contributed by atoms with Gasteiger partial charge in [0.05, 0.1) is 12.6 Å². The number of carbonyl (C=O) groups excluding carboxylic acids is 1. The van der Waals surface area contributed by atoms with Crippen molar-refractivity contribution in [3.63, 3.8) is 0 Å². The van der Waals surface area contributed by atoms with E-state index in [1.54, 1.807) is 11.3 Å². The number of hydrogen-bond donors (Lipinski definition) is 1.